The average molecular weight is 233 g/mol. The number of ether oxygens (including phenoxy) is 1. The molecule has 0 saturated carbocycles. The topological polar surface area (TPSA) is 76.5 Å². The number of carboxylic acids is 1. The number of esters is 1. The zero-order valence-electron chi connectivity index (χ0n) is 9.27. The van der Waals surface area contributed by atoms with Crippen molar-refractivity contribution in [1.82, 2.24) is 4.98 Å². The third-order valence-electron chi connectivity index (χ3n) is 1.81. The molecule has 17 heavy (non-hydrogen) atoms. The summed E-state index contributed by atoms with van der Waals surface area (Å²) in [6.45, 7) is 2.00. The molecule has 1 aromatic heterocycles. The van der Waals surface area contributed by atoms with Gasteiger partial charge in [-0.1, -0.05) is 11.8 Å². The Labute approximate surface area is 98.4 Å². The SMILES string of the molecule is CCOC(=O)CC#Cc1cnccc1C(=O)O. The Morgan fingerprint density at radius 1 is 1.53 bits per heavy atom. The summed E-state index contributed by atoms with van der Waals surface area (Å²) < 4.78 is 4.68. The molecule has 88 valence electrons. The summed E-state index contributed by atoms with van der Waals surface area (Å²) in [6.07, 6.45) is 2.66. The summed E-state index contributed by atoms with van der Waals surface area (Å²) >= 11 is 0. The fourth-order valence-electron chi connectivity index (χ4n) is 1.10. The summed E-state index contributed by atoms with van der Waals surface area (Å²) in [7, 11) is 0. The second-order valence-corrected chi connectivity index (χ2v) is 3.01. The first-order valence-corrected chi connectivity index (χ1v) is 4.97. The minimum absolute atomic E-state index is 0.0661. The maximum absolute atomic E-state index is 11.0. The van der Waals surface area contributed by atoms with Gasteiger partial charge < -0.3 is 9.84 Å². The summed E-state index contributed by atoms with van der Waals surface area (Å²) in [4.78, 5) is 25.6. The van der Waals surface area contributed by atoms with Crippen LogP contribution in [0.5, 0.6) is 0 Å². The predicted octanol–water partition coefficient (Wildman–Crippen LogP) is 1.08. The maximum atomic E-state index is 11.0. The van der Waals surface area contributed by atoms with Gasteiger partial charge in [-0.05, 0) is 13.0 Å². The Morgan fingerprint density at radius 2 is 2.29 bits per heavy atom. The van der Waals surface area contributed by atoms with E-state index in [0.29, 0.717) is 6.61 Å². The minimum Gasteiger partial charge on any atom is -0.478 e. The predicted molar refractivity (Wildman–Crippen MR) is 59.3 cm³/mol. The van der Waals surface area contributed by atoms with Gasteiger partial charge >= 0.3 is 11.9 Å². The van der Waals surface area contributed by atoms with Crippen LogP contribution in [0.1, 0.15) is 29.3 Å². The fraction of sp³-hybridized carbons (Fsp3) is 0.250. The van der Waals surface area contributed by atoms with E-state index in [4.69, 9.17) is 5.11 Å². The number of pyridine rings is 1. The van der Waals surface area contributed by atoms with Gasteiger partial charge in [-0.3, -0.25) is 9.78 Å². The molecule has 1 rings (SSSR count). The Kier molecular flexibility index (Phi) is 4.70. The van der Waals surface area contributed by atoms with Crippen molar-refractivity contribution in [3.05, 3.63) is 29.6 Å². The Balaban J connectivity index is 2.78. The van der Waals surface area contributed by atoms with Gasteiger partial charge in [-0.15, -0.1) is 0 Å². The molecule has 0 unspecified atom stereocenters. The summed E-state index contributed by atoms with van der Waals surface area (Å²) in [5.74, 6) is 3.64. The van der Waals surface area contributed by atoms with Crippen LogP contribution < -0.4 is 0 Å². The van der Waals surface area contributed by atoms with Crippen LogP contribution in [0, 0.1) is 11.8 Å². The van der Waals surface area contributed by atoms with Gasteiger partial charge in [-0.25, -0.2) is 4.79 Å². The zero-order chi connectivity index (χ0) is 12.7. The van der Waals surface area contributed by atoms with Crippen LogP contribution in [0.15, 0.2) is 18.5 Å². The molecule has 1 heterocycles. The number of carbonyl (C=O) groups is 2. The van der Waals surface area contributed by atoms with Gasteiger partial charge in [0.25, 0.3) is 0 Å². The first-order valence-electron chi connectivity index (χ1n) is 4.97. The highest BCUT2D eigenvalue weighted by Gasteiger charge is 2.07. The number of aromatic nitrogens is 1. The monoisotopic (exact) mass is 233 g/mol. The second-order valence-electron chi connectivity index (χ2n) is 3.01. The smallest absolute Gasteiger partial charge is 0.337 e. The van der Waals surface area contributed by atoms with E-state index in [1.54, 1.807) is 6.92 Å². The van der Waals surface area contributed by atoms with E-state index in [1.807, 2.05) is 0 Å². The van der Waals surface area contributed by atoms with Gasteiger partial charge in [0, 0.05) is 12.4 Å². The largest absolute Gasteiger partial charge is 0.478 e. The molecule has 0 atom stereocenters. The van der Waals surface area contributed by atoms with Crippen LogP contribution in [0.3, 0.4) is 0 Å². The first-order chi connectivity index (χ1) is 8.15. The molecule has 0 bridgehead atoms. The molecule has 5 heteroatoms. The third-order valence-corrected chi connectivity index (χ3v) is 1.81. The molecule has 0 amide bonds. The normalized spacial score (nSPS) is 9.00. The van der Waals surface area contributed by atoms with E-state index in [1.165, 1.54) is 18.5 Å². The second kappa shape index (κ2) is 6.28. The molecule has 0 aliphatic carbocycles. The van der Waals surface area contributed by atoms with Crippen LogP contribution >= 0.6 is 0 Å². The molecule has 0 radical (unpaired) electrons. The number of rotatable bonds is 3. The van der Waals surface area contributed by atoms with Gasteiger partial charge in [0.1, 0.15) is 6.42 Å². The van der Waals surface area contributed by atoms with Crippen molar-refractivity contribution in [3.63, 3.8) is 0 Å². The first kappa shape index (κ1) is 12.7. The van der Waals surface area contributed by atoms with E-state index in [9.17, 15) is 9.59 Å². The van der Waals surface area contributed by atoms with E-state index >= 15 is 0 Å². The van der Waals surface area contributed by atoms with Crippen molar-refractivity contribution in [2.24, 2.45) is 0 Å². The summed E-state index contributed by atoms with van der Waals surface area (Å²) in [6, 6.07) is 1.36. The quantitative estimate of drug-likeness (QED) is 0.624. The molecule has 0 fully saturated rings. The molecule has 1 aromatic rings. The third kappa shape index (κ3) is 3.95. The molecular weight excluding hydrogens is 222 g/mol. The molecular formula is C12H11NO4. The lowest BCUT2D eigenvalue weighted by Crippen LogP contribution is -2.02. The Bertz CT molecular complexity index is 485. The lowest BCUT2D eigenvalue weighted by atomic mass is 10.1. The lowest BCUT2D eigenvalue weighted by Gasteiger charge is -1.97. The molecule has 0 aliphatic heterocycles. The van der Waals surface area contributed by atoms with Crippen LogP contribution in [-0.4, -0.2) is 28.6 Å². The van der Waals surface area contributed by atoms with Crippen LogP contribution in [0.4, 0.5) is 0 Å². The van der Waals surface area contributed by atoms with Crippen molar-refractivity contribution in [3.8, 4) is 11.8 Å². The molecule has 0 aromatic carbocycles. The van der Waals surface area contributed by atoms with Gasteiger partial charge in [0.15, 0.2) is 0 Å². The van der Waals surface area contributed by atoms with Gasteiger partial charge in [0.2, 0.25) is 0 Å². The average Bonchev–Trinajstić information content (AvgIpc) is 2.30. The molecule has 0 saturated heterocycles. The number of aromatic carboxylic acids is 1. The fourth-order valence-corrected chi connectivity index (χ4v) is 1.10. The summed E-state index contributed by atoms with van der Waals surface area (Å²) in [5, 5.41) is 8.87. The number of carboxylic acid groups (broad SMARTS) is 1. The lowest BCUT2D eigenvalue weighted by molar-refractivity contribution is -0.141. The molecule has 0 spiro atoms. The standard InChI is InChI=1S/C12H11NO4/c1-2-17-11(14)5-3-4-9-8-13-7-6-10(9)12(15)16/h6-8H,2,5H2,1H3,(H,15,16). The number of hydrogen-bond acceptors (Lipinski definition) is 4. The van der Waals surface area contributed by atoms with Gasteiger partial charge in [0.05, 0.1) is 17.7 Å². The number of carbonyl (C=O) groups excluding carboxylic acids is 1. The Morgan fingerprint density at radius 3 is 2.94 bits per heavy atom. The van der Waals surface area contributed by atoms with Crippen molar-refractivity contribution < 1.29 is 19.4 Å². The molecule has 0 aliphatic rings. The van der Waals surface area contributed by atoms with Crippen molar-refractivity contribution in [2.75, 3.05) is 6.61 Å². The van der Waals surface area contributed by atoms with Crippen LogP contribution in [0.25, 0.3) is 0 Å². The number of hydrogen-bond donors (Lipinski definition) is 1. The minimum atomic E-state index is -1.08. The summed E-state index contributed by atoms with van der Waals surface area (Å²) in [5.41, 5.74) is 0.348. The van der Waals surface area contributed by atoms with Crippen molar-refractivity contribution in [1.29, 1.82) is 0 Å². The highest BCUT2D eigenvalue weighted by Crippen LogP contribution is 2.04. The Hall–Kier alpha value is -2.35. The van der Waals surface area contributed by atoms with E-state index in [2.05, 4.69) is 21.6 Å². The molecule has 5 nitrogen and oxygen atoms in total. The highest BCUT2D eigenvalue weighted by molar-refractivity contribution is 5.90. The zero-order valence-corrected chi connectivity index (χ0v) is 9.27. The van der Waals surface area contributed by atoms with Crippen molar-refractivity contribution in [2.45, 2.75) is 13.3 Å². The number of nitrogens with zero attached hydrogens (tertiary/aromatic N) is 1. The van der Waals surface area contributed by atoms with Gasteiger partial charge in [-0.2, -0.15) is 0 Å². The molecule has 1 N–H and O–H groups in total. The maximum Gasteiger partial charge on any atom is 0.337 e. The van der Waals surface area contributed by atoms with Crippen molar-refractivity contribution >= 4 is 11.9 Å². The van der Waals surface area contributed by atoms with E-state index < -0.39 is 11.9 Å². The van der Waals surface area contributed by atoms with Crippen LogP contribution in [0.2, 0.25) is 0 Å². The van der Waals surface area contributed by atoms with Crippen LogP contribution in [-0.2, 0) is 9.53 Å². The highest BCUT2D eigenvalue weighted by atomic mass is 16.5. The van der Waals surface area contributed by atoms with E-state index in [0.717, 1.165) is 0 Å². The van der Waals surface area contributed by atoms with E-state index in [-0.39, 0.29) is 17.5 Å².